The Morgan fingerprint density at radius 2 is 1.56 bits per heavy atom. The van der Waals surface area contributed by atoms with Gasteiger partial charge in [0.15, 0.2) is 0 Å². The van der Waals surface area contributed by atoms with Crippen molar-refractivity contribution in [1.82, 2.24) is 0 Å². The first-order chi connectivity index (χ1) is 7.93. The predicted octanol–water partition coefficient (Wildman–Crippen LogP) is 4.27. The summed E-state index contributed by atoms with van der Waals surface area (Å²) in [6.45, 7) is 0. The zero-order chi connectivity index (χ0) is 10.8. The van der Waals surface area contributed by atoms with Crippen LogP contribution in [0.2, 0.25) is 0 Å². The molecule has 1 atom stereocenters. The van der Waals surface area contributed by atoms with E-state index in [0.29, 0.717) is 10.0 Å². The first-order valence-corrected chi connectivity index (χ1v) is 8.64. The van der Waals surface area contributed by atoms with E-state index in [1.807, 2.05) is 11.8 Å². The van der Waals surface area contributed by atoms with E-state index in [9.17, 15) is 0 Å². The molecular formula is C12H14OS3. The maximum absolute atomic E-state index is 5.45. The molecule has 2 aliphatic rings. The maximum Gasteiger partial charge on any atom is 0.131 e. The summed E-state index contributed by atoms with van der Waals surface area (Å²) < 4.78 is 6.11. The minimum atomic E-state index is 0.292. The average Bonchev–Trinajstić information content (AvgIpc) is 2.29. The number of thioether (sulfide) groups is 3. The highest BCUT2D eigenvalue weighted by Crippen LogP contribution is 2.45. The standard InChI is InChI=1S/C12H14OS3/c1-6-14-12(15-7-1)10-4-2-9(3-5-10)11-13-8-16-11/h2-5,11-12H,1,6-8H2. The van der Waals surface area contributed by atoms with Crippen LogP contribution in [0, 0.1) is 0 Å². The summed E-state index contributed by atoms with van der Waals surface area (Å²) in [5.41, 5.74) is 3.06. The third-order valence-electron chi connectivity index (χ3n) is 2.75. The largest absolute Gasteiger partial charge is 0.352 e. The summed E-state index contributed by atoms with van der Waals surface area (Å²) in [5.74, 6) is 3.46. The lowest BCUT2D eigenvalue weighted by molar-refractivity contribution is 0.124. The van der Waals surface area contributed by atoms with Crippen molar-refractivity contribution in [1.29, 1.82) is 0 Å². The van der Waals surface area contributed by atoms with Gasteiger partial charge >= 0.3 is 0 Å². The van der Waals surface area contributed by atoms with E-state index >= 15 is 0 Å². The van der Waals surface area contributed by atoms with E-state index < -0.39 is 0 Å². The lowest BCUT2D eigenvalue weighted by Crippen LogP contribution is -2.11. The highest BCUT2D eigenvalue weighted by molar-refractivity contribution is 8.16. The molecule has 0 aromatic heterocycles. The molecule has 3 rings (SSSR count). The fraction of sp³-hybridized carbons (Fsp3) is 0.500. The number of hydrogen-bond acceptors (Lipinski definition) is 4. The lowest BCUT2D eigenvalue weighted by Gasteiger charge is -2.26. The number of hydrogen-bond donors (Lipinski definition) is 0. The van der Waals surface area contributed by atoms with Gasteiger partial charge in [-0.25, -0.2) is 0 Å². The van der Waals surface area contributed by atoms with E-state index in [4.69, 9.17) is 4.74 Å². The van der Waals surface area contributed by atoms with Crippen molar-refractivity contribution >= 4 is 35.3 Å². The first-order valence-electron chi connectivity index (χ1n) is 5.50. The molecular weight excluding hydrogens is 256 g/mol. The van der Waals surface area contributed by atoms with Gasteiger partial charge in [-0.05, 0) is 29.1 Å². The number of rotatable bonds is 2. The molecule has 1 aromatic carbocycles. The maximum atomic E-state index is 5.45. The molecule has 16 heavy (non-hydrogen) atoms. The summed E-state index contributed by atoms with van der Waals surface area (Å²) >= 11 is 6.02. The smallest absolute Gasteiger partial charge is 0.131 e. The summed E-state index contributed by atoms with van der Waals surface area (Å²) in [4.78, 5) is 0. The van der Waals surface area contributed by atoms with Crippen molar-refractivity contribution in [2.75, 3.05) is 17.4 Å². The Hall–Kier alpha value is 0.230. The van der Waals surface area contributed by atoms with Crippen molar-refractivity contribution < 1.29 is 4.74 Å². The van der Waals surface area contributed by atoms with Crippen LogP contribution in [0.1, 0.15) is 27.6 Å². The Bertz CT molecular complexity index is 342. The highest BCUT2D eigenvalue weighted by Gasteiger charge is 2.22. The van der Waals surface area contributed by atoms with Gasteiger partial charge in [0.25, 0.3) is 0 Å². The third-order valence-corrected chi connectivity index (χ3v) is 6.75. The van der Waals surface area contributed by atoms with Crippen molar-refractivity contribution in [3.05, 3.63) is 35.4 Å². The van der Waals surface area contributed by atoms with Crippen LogP contribution >= 0.6 is 35.3 Å². The van der Waals surface area contributed by atoms with Crippen molar-refractivity contribution in [3.63, 3.8) is 0 Å². The third kappa shape index (κ3) is 2.40. The molecule has 1 aromatic rings. The normalized spacial score (nSPS) is 26.4. The van der Waals surface area contributed by atoms with Gasteiger partial charge in [0.2, 0.25) is 0 Å². The van der Waals surface area contributed by atoms with Gasteiger partial charge in [0.05, 0.1) is 10.5 Å². The topological polar surface area (TPSA) is 9.23 Å². The number of benzene rings is 1. The zero-order valence-corrected chi connectivity index (χ0v) is 11.4. The van der Waals surface area contributed by atoms with E-state index in [0.717, 1.165) is 5.94 Å². The Balaban J connectivity index is 1.70. The molecule has 2 aliphatic heterocycles. The SMILES string of the molecule is c1cc(C2SCCCS2)ccc1C1OCS1. The molecule has 0 N–H and O–H groups in total. The van der Waals surface area contributed by atoms with E-state index in [1.54, 1.807) is 0 Å². The van der Waals surface area contributed by atoms with Crippen LogP contribution in [0.15, 0.2) is 24.3 Å². The van der Waals surface area contributed by atoms with Crippen LogP contribution in [-0.4, -0.2) is 17.4 Å². The predicted molar refractivity (Wildman–Crippen MR) is 75.0 cm³/mol. The van der Waals surface area contributed by atoms with Gasteiger partial charge in [-0.15, -0.1) is 23.5 Å². The molecule has 86 valence electrons. The van der Waals surface area contributed by atoms with Crippen LogP contribution in [0.5, 0.6) is 0 Å². The van der Waals surface area contributed by atoms with Crippen LogP contribution < -0.4 is 0 Å². The second-order valence-electron chi connectivity index (χ2n) is 3.88. The quantitative estimate of drug-likeness (QED) is 0.793. The molecule has 0 spiro atoms. The molecule has 2 fully saturated rings. The van der Waals surface area contributed by atoms with Gasteiger partial charge in [-0.3, -0.25) is 0 Å². The van der Waals surface area contributed by atoms with Gasteiger partial charge in [-0.2, -0.15) is 0 Å². The van der Waals surface area contributed by atoms with Gasteiger partial charge < -0.3 is 4.74 Å². The fourth-order valence-electron chi connectivity index (χ4n) is 1.82. The Morgan fingerprint density at radius 3 is 2.12 bits per heavy atom. The summed E-state index contributed by atoms with van der Waals surface area (Å²) in [6.07, 6.45) is 1.36. The van der Waals surface area contributed by atoms with Crippen molar-refractivity contribution in [2.24, 2.45) is 0 Å². The average molecular weight is 270 g/mol. The minimum Gasteiger partial charge on any atom is -0.352 e. The fourth-order valence-corrected chi connectivity index (χ4v) is 5.34. The van der Waals surface area contributed by atoms with Gasteiger partial charge in [-0.1, -0.05) is 36.0 Å². The van der Waals surface area contributed by atoms with Gasteiger partial charge in [0, 0.05) is 0 Å². The van der Waals surface area contributed by atoms with E-state index in [-0.39, 0.29) is 0 Å². The second-order valence-corrected chi connectivity index (χ2v) is 7.60. The summed E-state index contributed by atoms with van der Waals surface area (Å²) in [5, 5.41) is 0. The van der Waals surface area contributed by atoms with Crippen LogP contribution in [0.4, 0.5) is 0 Å². The molecule has 2 saturated heterocycles. The van der Waals surface area contributed by atoms with Crippen molar-refractivity contribution in [2.45, 2.75) is 16.4 Å². The van der Waals surface area contributed by atoms with Crippen LogP contribution in [0.3, 0.4) is 0 Å². The molecule has 4 heteroatoms. The Kier molecular flexibility index (Phi) is 3.72. The second kappa shape index (κ2) is 5.25. The zero-order valence-electron chi connectivity index (χ0n) is 8.93. The molecule has 2 heterocycles. The monoisotopic (exact) mass is 270 g/mol. The summed E-state index contributed by atoms with van der Waals surface area (Å²) in [6, 6.07) is 8.99. The molecule has 0 amide bonds. The minimum absolute atomic E-state index is 0.292. The summed E-state index contributed by atoms with van der Waals surface area (Å²) in [7, 11) is 0. The molecule has 0 aliphatic carbocycles. The van der Waals surface area contributed by atoms with Crippen LogP contribution in [-0.2, 0) is 4.74 Å². The van der Waals surface area contributed by atoms with E-state index in [2.05, 4.69) is 47.8 Å². The van der Waals surface area contributed by atoms with E-state index in [1.165, 1.54) is 29.1 Å². The Morgan fingerprint density at radius 1 is 0.938 bits per heavy atom. The van der Waals surface area contributed by atoms with Gasteiger partial charge in [0.1, 0.15) is 5.44 Å². The molecule has 0 radical (unpaired) electrons. The van der Waals surface area contributed by atoms with Crippen LogP contribution in [0.25, 0.3) is 0 Å². The molecule has 0 saturated carbocycles. The van der Waals surface area contributed by atoms with Crippen molar-refractivity contribution in [3.8, 4) is 0 Å². The molecule has 0 bridgehead atoms. The highest BCUT2D eigenvalue weighted by atomic mass is 32.2. The molecule has 1 nitrogen and oxygen atoms in total. The molecule has 1 unspecified atom stereocenters. The number of ether oxygens (including phenoxy) is 1. The Labute approximate surface area is 109 Å². The lowest BCUT2D eigenvalue weighted by atomic mass is 10.1. The first kappa shape index (κ1) is 11.3.